The average Bonchev–Trinajstić information content (AvgIpc) is 2.72. The van der Waals surface area contributed by atoms with Crippen molar-refractivity contribution in [1.82, 2.24) is 5.06 Å². The summed E-state index contributed by atoms with van der Waals surface area (Å²) in [6.07, 6.45) is 12.5. The third-order valence-electron chi connectivity index (χ3n) is 6.91. The summed E-state index contributed by atoms with van der Waals surface area (Å²) in [6, 6.07) is 11.8. The first-order valence-electron chi connectivity index (χ1n) is 13.3. The fraction of sp³-hybridized carbons (Fsp3) is 0.786. The molecule has 0 spiro atoms. The summed E-state index contributed by atoms with van der Waals surface area (Å²) < 4.78 is 6.15. The van der Waals surface area contributed by atoms with Crippen molar-refractivity contribution in [3.05, 3.63) is 35.9 Å². The van der Waals surface area contributed by atoms with Crippen LogP contribution >= 0.6 is 11.1 Å². The van der Waals surface area contributed by atoms with E-state index in [2.05, 4.69) is 76.2 Å². The molecule has 2 rings (SSSR count). The summed E-state index contributed by atoms with van der Waals surface area (Å²) in [7, 11) is -1.37. The number of benzene rings is 1. The number of nitrogens with zero attached hydrogens (tertiary/aromatic N) is 1. The number of hydrogen-bond donors (Lipinski definition) is 0. The first-order chi connectivity index (χ1) is 15.5. The quantitative estimate of drug-likeness (QED) is 0.138. The molecule has 33 heavy (non-hydrogen) atoms. The third kappa shape index (κ3) is 10.8. The molecule has 1 aliphatic rings. The molecule has 3 nitrogen and oxygen atoms in total. The zero-order valence-electron chi connectivity index (χ0n) is 22.3. The predicted octanol–water partition coefficient (Wildman–Crippen LogP) is 8.89. The number of ether oxygens (including phenoxy) is 1. The molecule has 1 atom stereocenters. The molecule has 0 radical (unpaired) electrons. The van der Waals surface area contributed by atoms with Gasteiger partial charge in [0.05, 0.1) is 6.61 Å². The first-order valence-corrected chi connectivity index (χ1v) is 17.5. The van der Waals surface area contributed by atoms with Crippen molar-refractivity contribution in [2.24, 2.45) is 0 Å². The maximum absolute atomic E-state index is 6.72. The maximum atomic E-state index is 6.72. The van der Waals surface area contributed by atoms with Gasteiger partial charge in [0.15, 0.2) is 0 Å². The second-order valence-corrected chi connectivity index (χ2v) is 18.8. The van der Waals surface area contributed by atoms with Crippen LogP contribution in [0.1, 0.15) is 104 Å². The van der Waals surface area contributed by atoms with E-state index in [-0.39, 0.29) is 17.2 Å². The van der Waals surface area contributed by atoms with Gasteiger partial charge in [-0.25, -0.2) is 0 Å². The van der Waals surface area contributed by atoms with Crippen LogP contribution in [-0.4, -0.2) is 36.7 Å². The van der Waals surface area contributed by atoms with Crippen LogP contribution in [0.2, 0.25) is 19.1 Å². The van der Waals surface area contributed by atoms with Crippen LogP contribution < -0.4 is 0 Å². The van der Waals surface area contributed by atoms with Gasteiger partial charge in [0.25, 0.3) is 0 Å². The van der Waals surface area contributed by atoms with Gasteiger partial charge in [0.1, 0.15) is 13.5 Å². The van der Waals surface area contributed by atoms with E-state index in [1.807, 2.05) is 0 Å². The molecule has 5 heteroatoms. The maximum Gasteiger partial charge on any atom is 0.150 e. The predicted molar refractivity (Wildman–Crippen MR) is 145 cm³/mol. The van der Waals surface area contributed by atoms with E-state index < -0.39 is 7.38 Å². The van der Waals surface area contributed by atoms with E-state index in [0.29, 0.717) is 6.61 Å². The molecule has 0 aliphatic carbocycles. The van der Waals surface area contributed by atoms with Crippen molar-refractivity contribution >= 4 is 18.5 Å². The van der Waals surface area contributed by atoms with Crippen LogP contribution in [0.15, 0.2) is 30.3 Å². The Kier molecular flexibility index (Phi) is 11.9. The molecule has 190 valence electrons. The molecule has 0 bridgehead atoms. The minimum absolute atomic E-state index is 0.0243. The van der Waals surface area contributed by atoms with Crippen molar-refractivity contribution in [1.29, 1.82) is 0 Å². The standard InChI is InChI=1S/C28H50ClNO2Si/c1-27(2)20-17-21-28(3,4)30(27)32-26(25-18-13-12-14-19-25)24-31-22-15-10-8-7-9-11-16-23-33(5,6)29/h12-14,18-19,26H,7-11,15-17,20-24H2,1-6H3. The molecule has 0 N–H and O–H groups in total. The lowest BCUT2D eigenvalue weighted by atomic mass is 9.82. The van der Waals surface area contributed by atoms with Crippen molar-refractivity contribution in [2.75, 3.05) is 13.2 Å². The average molecular weight is 496 g/mol. The Morgan fingerprint density at radius 3 is 2.00 bits per heavy atom. The third-order valence-corrected chi connectivity index (χ3v) is 9.02. The summed E-state index contributed by atoms with van der Waals surface area (Å²) >= 11 is 6.40. The highest BCUT2D eigenvalue weighted by atomic mass is 35.6. The first kappa shape index (κ1) is 28.8. The zero-order chi connectivity index (χ0) is 24.4. The number of rotatable bonds is 15. The van der Waals surface area contributed by atoms with Gasteiger partial charge >= 0.3 is 0 Å². The van der Waals surface area contributed by atoms with Crippen molar-refractivity contribution in [3.8, 4) is 0 Å². The second kappa shape index (κ2) is 13.6. The van der Waals surface area contributed by atoms with E-state index >= 15 is 0 Å². The molecule has 1 heterocycles. The SMILES string of the molecule is CC1(C)CCCC(C)(C)N1OC(COCCCCCCCCC[Si](C)(C)Cl)c1ccccc1. The van der Waals surface area contributed by atoms with Gasteiger partial charge in [-0.1, -0.05) is 82.0 Å². The highest BCUT2D eigenvalue weighted by Gasteiger charge is 2.43. The molecule has 0 amide bonds. The van der Waals surface area contributed by atoms with Crippen LogP contribution in [-0.2, 0) is 9.57 Å². The molecule has 0 saturated carbocycles. The Morgan fingerprint density at radius 1 is 0.879 bits per heavy atom. The van der Waals surface area contributed by atoms with Gasteiger partial charge in [0, 0.05) is 17.7 Å². The van der Waals surface area contributed by atoms with Gasteiger partial charge in [-0.15, -0.1) is 0 Å². The Labute approximate surface area is 210 Å². The van der Waals surface area contributed by atoms with E-state index in [0.717, 1.165) is 25.9 Å². The van der Waals surface area contributed by atoms with Gasteiger partial charge < -0.3 is 4.74 Å². The Morgan fingerprint density at radius 2 is 1.42 bits per heavy atom. The Bertz CT molecular complexity index is 644. The monoisotopic (exact) mass is 495 g/mol. The van der Waals surface area contributed by atoms with E-state index in [1.54, 1.807) is 0 Å². The lowest BCUT2D eigenvalue weighted by Crippen LogP contribution is -2.58. The number of hydroxylamine groups is 2. The molecular formula is C28H50ClNO2Si. The highest BCUT2D eigenvalue weighted by molar-refractivity contribution is 7.19. The Hall–Kier alpha value is -0.393. The normalized spacial score (nSPS) is 19.5. The summed E-state index contributed by atoms with van der Waals surface area (Å²) in [4.78, 5) is 6.72. The molecule has 1 unspecified atom stereocenters. The minimum Gasteiger partial charge on any atom is -0.378 e. The number of hydrogen-bond acceptors (Lipinski definition) is 3. The zero-order valence-corrected chi connectivity index (χ0v) is 24.1. The fourth-order valence-electron chi connectivity index (χ4n) is 5.07. The van der Waals surface area contributed by atoms with E-state index in [1.165, 1.54) is 56.6 Å². The molecule has 1 aromatic rings. The fourth-order valence-corrected chi connectivity index (χ4v) is 6.56. The van der Waals surface area contributed by atoms with Gasteiger partial charge in [0.2, 0.25) is 0 Å². The highest BCUT2D eigenvalue weighted by Crippen LogP contribution is 2.40. The van der Waals surface area contributed by atoms with Crippen LogP contribution in [0.25, 0.3) is 0 Å². The van der Waals surface area contributed by atoms with Crippen LogP contribution in [0.4, 0.5) is 0 Å². The molecule has 1 aliphatic heterocycles. The minimum atomic E-state index is -1.37. The number of piperidine rings is 1. The topological polar surface area (TPSA) is 21.7 Å². The van der Waals surface area contributed by atoms with Gasteiger partial charge in [-0.05, 0) is 65.0 Å². The summed E-state index contributed by atoms with van der Waals surface area (Å²) in [5.41, 5.74) is 1.24. The van der Waals surface area contributed by atoms with E-state index in [4.69, 9.17) is 20.7 Å². The van der Waals surface area contributed by atoms with Crippen molar-refractivity contribution in [3.63, 3.8) is 0 Å². The Balaban J connectivity index is 1.73. The van der Waals surface area contributed by atoms with Gasteiger partial charge in [-0.2, -0.15) is 16.1 Å². The molecule has 1 aromatic carbocycles. The lowest BCUT2D eigenvalue weighted by Gasteiger charge is -2.52. The number of halogens is 1. The molecule has 1 fully saturated rings. The largest absolute Gasteiger partial charge is 0.378 e. The molecule has 0 aromatic heterocycles. The van der Waals surface area contributed by atoms with Crippen molar-refractivity contribution < 1.29 is 9.57 Å². The summed E-state index contributed by atoms with van der Waals surface area (Å²) in [5.74, 6) is 0. The summed E-state index contributed by atoms with van der Waals surface area (Å²) in [6.45, 7) is 15.1. The smallest absolute Gasteiger partial charge is 0.150 e. The molecule has 1 saturated heterocycles. The van der Waals surface area contributed by atoms with Crippen molar-refractivity contribution in [2.45, 2.75) is 128 Å². The van der Waals surface area contributed by atoms with E-state index in [9.17, 15) is 0 Å². The lowest BCUT2D eigenvalue weighted by molar-refractivity contribution is -0.312. The molecular weight excluding hydrogens is 446 g/mol. The summed E-state index contributed by atoms with van der Waals surface area (Å²) in [5, 5.41) is 2.26. The van der Waals surface area contributed by atoms with Crippen LogP contribution in [0, 0.1) is 0 Å². The van der Waals surface area contributed by atoms with Crippen LogP contribution in [0.5, 0.6) is 0 Å². The van der Waals surface area contributed by atoms with Gasteiger partial charge in [-0.3, -0.25) is 4.84 Å². The van der Waals surface area contributed by atoms with Crippen LogP contribution in [0.3, 0.4) is 0 Å². The number of unbranched alkanes of at least 4 members (excludes halogenated alkanes) is 6. The second-order valence-electron chi connectivity index (χ2n) is 11.8.